The third-order valence-corrected chi connectivity index (χ3v) is 5.63. The summed E-state index contributed by atoms with van der Waals surface area (Å²) >= 11 is 1.66. The van der Waals surface area contributed by atoms with Crippen LogP contribution in [0.2, 0.25) is 0 Å². The zero-order valence-corrected chi connectivity index (χ0v) is 17.9. The Morgan fingerprint density at radius 2 is 1.83 bits per heavy atom. The molecular formula is C23H28N4OS. The second kappa shape index (κ2) is 10.8. The minimum absolute atomic E-state index is 0.123. The number of aromatic nitrogens is 3. The molecule has 0 spiro atoms. The van der Waals surface area contributed by atoms with Crippen molar-refractivity contribution >= 4 is 17.7 Å². The quantitative estimate of drug-likeness (QED) is 0.394. The molecule has 152 valence electrons. The highest BCUT2D eigenvalue weighted by Gasteiger charge is 2.16. The Balaban J connectivity index is 1.75. The number of para-hydroxylation sites is 1. The molecule has 5 nitrogen and oxygen atoms in total. The normalized spacial score (nSPS) is 10.8. The maximum atomic E-state index is 11.8. The van der Waals surface area contributed by atoms with Crippen molar-refractivity contribution in [3.05, 3.63) is 71.5 Å². The zero-order chi connectivity index (χ0) is 20.5. The van der Waals surface area contributed by atoms with Crippen molar-refractivity contribution in [2.45, 2.75) is 44.7 Å². The highest BCUT2D eigenvalue weighted by molar-refractivity contribution is 7.99. The minimum atomic E-state index is 0.123. The number of nitrogens with one attached hydrogen (secondary N) is 1. The number of rotatable bonds is 10. The maximum Gasteiger partial charge on any atom is 0.220 e. The predicted octanol–water partition coefficient (Wildman–Crippen LogP) is 4.57. The fourth-order valence-corrected chi connectivity index (χ4v) is 3.99. The van der Waals surface area contributed by atoms with Crippen molar-refractivity contribution in [3.8, 4) is 5.69 Å². The number of carbonyl (C=O) groups excluding carboxylic acids is 1. The smallest absolute Gasteiger partial charge is 0.220 e. The van der Waals surface area contributed by atoms with E-state index in [0.29, 0.717) is 6.42 Å². The van der Waals surface area contributed by atoms with Gasteiger partial charge in [0.15, 0.2) is 5.16 Å². The SMILES string of the molecule is CCCNC(=O)CCCSc1nnc(Cc2ccccc2)n1-c1ccccc1C. The number of nitrogens with zero attached hydrogens (tertiary/aromatic N) is 3. The summed E-state index contributed by atoms with van der Waals surface area (Å²) in [6.45, 7) is 4.91. The van der Waals surface area contributed by atoms with E-state index in [1.807, 2.05) is 30.3 Å². The van der Waals surface area contributed by atoms with Crippen molar-refractivity contribution < 1.29 is 4.79 Å². The van der Waals surface area contributed by atoms with Crippen LogP contribution in [0.4, 0.5) is 0 Å². The summed E-state index contributed by atoms with van der Waals surface area (Å²) in [6.07, 6.45) is 3.05. The van der Waals surface area contributed by atoms with Crippen molar-refractivity contribution in [2.75, 3.05) is 12.3 Å². The van der Waals surface area contributed by atoms with E-state index in [-0.39, 0.29) is 5.91 Å². The molecule has 6 heteroatoms. The molecule has 0 aliphatic heterocycles. The number of aryl methyl sites for hydroxylation is 1. The first-order valence-electron chi connectivity index (χ1n) is 10.1. The van der Waals surface area contributed by atoms with Crippen LogP contribution in [0.15, 0.2) is 59.8 Å². The van der Waals surface area contributed by atoms with Gasteiger partial charge in [-0.25, -0.2) is 0 Å². The van der Waals surface area contributed by atoms with Crippen LogP contribution < -0.4 is 5.32 Å². The summed E-state index contributed by atoms with van der Waals surface area (Å²) in [6, 6.07) is 18.6. The molecule has 0 aliphatic rings. The van der Waals surface area contributed by atoms with E-state index in [4.69, 9.17) is 0 Å². The lowest BCUT2D eigenvalue weighted by molar-refractivity contribution is -0.121. The monoisotopic (exact) mass is 408 g/mol. The number of hydrogen-bond acceptors (Lipinski definition) is 4. The molecule has 0 bridgehead atoms. The van der Waals surface area contributed by atoms with Crippen LogP contribution in [0.1, 0.15) is 43.1 Å². The van der Waals surface area contributed by atoms with Crippen LogP contribution >= 0.6 is 11.8 Å². The first-order valence-corrected chi connectivity index (χ1v) is 11.1. The summed E-state index contributed by atoms with van der Waals surface area (Å²) in [5.74, 6) is 1.88. The number of carbonyl (C=O) groups is 1. The van der Waals surface area contributed by atoms with Gasteiger partial charge in [0.25, 0.3) is 0 Å². The summed E-state index contributed by atoms with van der Waals surface area (Å²) in [4.78, 5) is 11.8. The fourth-order valence-electron chi connectivity index (χ4n) is 3.09. The molecule has 0 atom stereocenters. The summed E-state index contributed by atoms with van der Waals surface area (Å²) < 4.78 is 2.16. The molecule has 0 unspecified atom stereocenters. The average molecular weight is 409 g/mol. The van der Waals surface area contributed by atoms with Crippen LogP contribution in [0, 0.1) is 6.92 Å². The summed E-state index contributed by atoms with van der Waals surface area (Å²) in [5.41, 5.74) is 3.49. The number of amides is 1. The van der Waals surface area contributed by atoms with E-state index in [9.17, 15) is 4.79 Å². The molecule has 0 saturated carbocycles. The molecular weight excluding hydrogens is 380 g/mol. The van der Waals surface area contributed by atoms with Gasteiger partial charge in [-0.15, -0.1) is 10.2 Å². The maximum absolute atomic E-state index is 11.8. The first-order chi connectivity index (χ1) is 14.2. The van der Waals surface area contributed by atoms with Crippen molar-refractivity contribution in [2.24, 2.45) is 0 Å². The van der Waals surface area contributed by atoms with Crippen LogP contribution in [0.25, 0.3) is 5.69 Å². The van der Waals surface area contributed by atoms with E-state index in [1.54, 1.807) is 11.8 Å². The lowest BCUT2D eigenvalue weighted by Gasteiger charge is -2.13. The Morgan fingerprint density at radius 3 is 2.59 bits per heavy atom. The second-order valence-corrected chi connectivity index (χ2v) is 8.05. The first kappa shape index (κ1) is 21.1. The van der Waals surface area contributed by atoms with Crippen LogP contribution in [-0.4, -0.2) is 33.0 Å². The number of thioether (sulfide) groups is 1. The lowest BCUT2D eigenvalue weighted by atomic mass is 10.1. The van der Waals surface area contributed by atoms with E-state index in [1.165, 1.54) is 11.1 Å². The number of benzene rings is 2. The Bertz CT molecular complexity index is 924. The second-order valence-electron chi connectivity index (χ2n) is 6.99. The molecule has 3 aromatic rings. The molecule has 3 rings (SSSR count). The molecule has 1 aromatic heterocycles. The summed E-state index contributed by atoms with van der Waals surface area (Å²) in [7, 11) is 0. The van der Waals surface area contributed by atoms with Gasteiger partial charge < -0.3 is 5.32 Å². The molecule has 0 fully saturated rings. The molecule has 29 heavy (non-hydrogen) atoms. The molecule has 0 saturated heterocycles. The van der Waals surface area contributed by atoms with Crippen molar-refractivity contribution in [1.29, 1.82) is 0 Å². The number of hydrogen-bond donors (Lipinski definition) is 1. The van der Waals surface area contributed by atoms with Crippen molar-refractivity contribution in [1.82, 2.24) is 20.1 Å². The van der Waals surface area contributed by atoms with Gasteiger partial charge in [-0.3, -0.25) is 9.36 Å². The van der Waals surface area contributed by atoms with E-state index >= 15 is 0 Å². The standard InChI is InChI=1S/C23H28N4OS/c1-3-15-24-22(28)14-9-16-29-23-26-25-21(17-19-11-5-4-6-12-19)27(23)20-13-8-7-10-18(20)2/h4-8,10-13H,3,9,14-17H2,1-2H3,(H,24,28). The molecule has 0 radical (unpaired) electrons. The molecule has 2 aromatic carbocycles. The Kier molecular flexibility index (Phi) is 7.87. The Labute approximate surface area is 176 Å². The average Bonchev–Trinajstić information content (AvgIpc) is 3.13. The zero-order valence-electron chi connectivity index (χ0n) is 17.1. The van der Waals surface area contributed by atoms with Gasteiger partial charge in [-0.1, -0.05) is 67.2 Å². The minimum Gasteiger partial charge on any atom is -0.356 e. The highest BCUT2D eigenvalue weighted by atomic mass is 32.2. The van der Waals surface area contributed by atoms with Crippen LogP contribution in [-0.2, 0) is 11.2 Å². The molecule has 0 aliphatic carbocycles. The van der Waals surface area contributed by atoms with Gasteiger partial charge in [0.05, 0.1) is 5.69 Å². The van der Waals surface area contributed by atoms with Gasteiger partial charge in [-0.05, 0) is 37.0 Å². The lowest BCUT2D eigenvalue weighted by Crippen LogP contribution is -2.23. The van der Waals surface area contributed by atoms with Crippen molar-refractivity contribution in [3.63, 3.8) is 0 Å². The topological polar surface area (TPSA) is 59.8 Å². The van der Waals surface area contributed by atoms with E-state index < -0.39 is 0 Å². The third-order valence-electron chi connectivity index (χ3n) is 4.61. The molecule has 1 N–H and O–H groups in total. The largest absolute Gasteiger partial charge is 0.356 e. The Hall–Kier alpha value is -2.60. The van der Waals surface area contributed by atoms with Gasteiger partial charge >= 0.3 is 0 Å². The van der Waals surface area contributed by atoms with E-state index in [0.717, 1.165) is 48.2 Å². The third kappa shape index (κ3) is 5.94. The van der Waals surface area contributed by atoms with Gasteiger partial charge in [0, 0.05) is 25.1 Å². The summed E-state index contributed by atoms with van der Waals surface area (Å²) in [5, 5.41) is 12.8. The predicted molar refractivity (Wildman–Crippen MR) is 119 cm³/mol. The highest BCUT2D eigenvalue weighted by Crippen LogP contribution is 2.26. The fraction of sp³-hybridized carbons (Fsp3) is 0.348. The molecule has 1 heterocycles. The van der Waals surface area contributed by atoms with Crippen LogP contribution in [0.5, 0.6) is 0 Å². The van der Waals surface area contributed by atoms with Crippen LogP contribution in [0.3, 0.4) is 0 Å². The van der Waals surface area contributed by atoms with Gasteiger partial charge in [-0.2, -0.15) is 0 Å². The van der Waals surface area contributed by atoms with Gasteiger partial charge in [0.2, 0.25) is 5.91 Å². The van der Waals surface area contributed by atoms with E-state index in [2.05, 4.69) is 58.2 Å². The van der Waals surface area contributed by atoms with Gasteiger partial charge in [0.1, 0.15) is 5.82 Å². The molecule has 1 amide bonds. The Morgan fingerprint density at radius 1 is 1.07 bits per heavy atom.